The molecule has 1 aliphatic rings. The van der Waals surface area contributed by atoms with Gasteiger partial charge in [0.1, 0.15) is 11.9 Å². The first-order valence-corrected chi connectivity index (χ1v) is 6.01. The molecule has 1 aliphatic heterocycles. The lowest BCUT2D eigenvalue weighted by molar-refractivity contribution is -0.136. The number of benzene rings is 1. The van der Waals surface area contributed by atoms with Gasteiger partial charge in [-0.15, -0.1) is 0 Å². The van der Waals surface area contributed by atoms with E-state index in [4.69, 9.17) is 5.73 Å². The van der Waals surface area contributed by atoms with Crippen LogP contribution in [0.3, 0.4) is 0 Å². The second kappa shape index (κ2) is 4.56. The van der Waals surface area contributed by atoms with Gasteiger partial charge in [0, 0.05) is 13.1 Å². The summed E-state index contributed by atoms with van der Waals surface area (Å²) in [5.74, 6) is -1.05. The van der Waals surface area contributed by atoms with Crippen molar-refractivity contribution >= 4 is 39.1 Å². The van der Waals surface area contributed by atoms with E-state index in [0.29, 0.717) is 5.69 Å². The summed E-state index contributed by atoms with van der Waals surface area (Å²) >= 11 is 3.04. The van der Waals surface area contributed by atoms with Crippen LogP contribution in [-0.4, -0.2) is 29.8 Å². The topological polar surface area (TPSA) is 75.4 Å². The molecule has 1 saturated heterocycles. The SMILES string of the molecule is CN1C(=O)CC(Nc2cc(Br)c(F)cc2N)C1=O. The molecule has 0 bridgehead atoms. The molecule has 0 saturated carbocycles. The van der Waals surface area contributed by atoms with E-state index in [9.17, 15) is 14.0 Å². The van der Waals surface area contributed by atoms with Crippen LogP contribution >= 0.6 is 15.9 Å². The van der Waals surface area contributed by atoms with Crippen molar-refractivity contribution in [2.45, 2.75) is 12.5 Å². The zero-order valence-electron chi connectivity index (χ0n) is 9.54. The maximum atomic E-state index is 13.2. The molecule has 1 aromatic rings. The third-order valence-electron chi connectivity index (χ3n) is 2.80. The maximum absolute atomic E-state index is 13.2. The number of imide groups is 1. The van der Waals surface area contributed by atoms with Crippen LogP contribution in [0, 0.1) is 5.82 Å². The van der Waals surface area contributed by atoms with Crippen molar-refractivity contribution in [1.29, 1.82) is 0 Å². The summed E-state index contributed by atoms with van der Waals surface area (Å²) in [7, 11) is 1.43. The summed E-state index contributed by atoms with van der Waals surface area (Å²) in [6, 6.07) is 1.94. The van der Waals surface area contributed by atoms with Gasteiger partial charge in [0.25, 0.3) is 5.91 Å². The van der Waals surface area contributed by atoms with Crippen LogP contribution in [0.5, 0.6) is 0 Å². The number of nitrogens with one attached hydrogen (secondary N) is 1. The molecule has 2 rings (SSSR count). The highest BCUT2D eigenvalue weighted by molar-refractivity contribution is 9.10. The molecule has 5 nitrogen and oxygen atoms in total. The number of nitrogens with two attached hydrogens (primary N) is 1. The predicted molar refractivity (Wildman–Crippen MR) is 68.3 cm³/mol. The number of nitrogen functional groups attached to an aromatic ring is 1. The number of amides is 2. The van der Waals surface area contributed by atoms with Gasteiger partial charge in [0.15, 0.2) is 0 Å². The van der Waals surface area contributed by atoms with Gasteiger partial charge in [0.2, 0.25) is 5.91 Å². The first kappa shape index (κ1) is 12.8. The fraction of sp³-hybridized carbons (Fsp3) is 0.273. The van der Waals surface area contributed by atoms with Crippen molar-refractivity contribution in [2.75, 3.05) is 18.1 Å². The van der Waals surface area contributed by atoms with E-state index in [2.05, 4.69) is 21.2 Å². The minimum absolute atomic E-state index is 0.0732. The van der Waals surface area contributed by atoms with Crippen molar-refractivity contribution in [3.63, 3.8) is 0 Å². The van der Waals surface area contributed by atoms with Gasteiger partial charge in [0.05, 0.1) is 22.3 Å². The average molecular weight is 316 g/mol. The molecule has 0 spiro atoms. The Morgan fingerprint density at radius 1 is 1.50 bits per heavy atom. The molecule has 1 unspecified atom stereocenters. The standard InChI is InChI=1S/C11H11BrFN3O2/c1-16-10(17)4-9(11(16)18)15-8-2-5(12)6(13)3-7(8)14/h2-3,9,15H,4,14H2,1H3. The summed E-state index contributed by atoms with van der Waals surface area (Å²) in [5.41, 5.74) is 6.26. The van der Waals surface area contributed by atoms with Crippen LogP contribution in [0.2, 0.25) is 0 Å². The molecule has 1 atom stereocenters. The second-order valence-electron chi connectivity index (χ2n) is 4.05. The van der Waals surface area contributed by atoms with Crippen LogP contribution < -0.4 is 11.1 Å². The fourth-order valence-corrected chi connectivity index (χ4v) is 2.09. The number of hydrogen-bond donors (Lipinski definition) is 2. The van der Waals surface area contributed by atoms with Gasteiger partial charge in [-0.1, -0.05) is 0 Å². The molecule has 0 radical (unpaired) electrons. The summed E-state index contributed by atoms with van der Waals surface area (Å²) in [6.07, 6.45) is 0.0732. The third-order valence-corrected chi connectivity index (χ3v) is 3.41. The molecule has 18 heavy (non-hydrogen) atoms. The molecule has 1 aromatic carbocycles. The molecule has 7 heteroatoms. The van der Waals surface area contributed by atoms with E-state index >= 15 is 0 Å². The van der Waals surface area contributed by atoms with Crippen molar-refractivity contribution in [3.8, 4) is 0 Å². The number of halogens is 2. The van der Waals surface area contributed by atoms with Gasteiger partial charge in [-0.2, -0.15) is 0 Å². The van der Waals surface area contributed by atoms with Gasteiger partial charge in [-0.3, -0.25) is 14.5 Å². The van der Waals surface area contributed by atoms with Crippen LogP contribution in [0.1, 0.15) is 6.42 Å². The van der Waals surface area contributed by atoms with Gasteiger partial charge >= 0.3 is 0 Å². The Morgan fingerprint density at radius 2 is 2.17 bits per heavy atom. The lowest BCUT2D eigenvalue weighted by atomic mass is 10.2. The van der Waals surface area contributed by atoms with E-state index in [1.807, 2.05) is 0 Å². The summed E-state index contributed by atoms with van der Waals surface area (Å²) in [6.45, 7) is 0. The summed E-state index contributed by atoms with van der Waals surface area (Å²) < 4.78 is 13.4. The zero-order valence-corrected chi connectivity index (χ0v) is 11.1. The number of hydrogen-bond acceptors (Lipinski definition) is 4. The van der Waals surface area contributed by atoms with Crippen molar-refractivity contribution in [2.24, 2.45) is 0 Å². The lowest BCUT2D eigenvalue weighted by Crippen LogP contribution is -2.32. The van der Waals surface area contributed by atoms with Crippen LogP contribution in [-0.2, 0) is 9.59 Å². The van der Waals surface area contributed by atoms with Gasteiger partial charge < -0.3 is 11.1 Å². The summed E-state index contributed by atoms with van der Waals surface area (Å²) in [4.78, 5) is 24.1. The van der Waals surface area contributed by atoms with Crippen molar-refractivity contribution in [1.82, 2.24) is 4.90 Å². The number of carbonyl (C=O) groups is 2. The van der Waals surface area contributed by atoms with Crippen LogP contribution in [0.15, 0.2) is 16.6 Å². The number of likely N-dealkylation sites (tertiary alicyclic amines) is 1. The molecule has 0 aliphatic carbocycles. The van der Waals surface area contributed by atoms with Crippen LogP contribution in [0.25, 0.3) is 0 Å². The highest BCUT2D eigenvalue weighted by atomic mass is 79.9. The van der Waals surface area contributed by atoms with Crippen molar-refractivity contribution < 1.29 is 14.0 Å². The molecule has 3 N–H and O–H groups in total. The zero-order chi connectivity index (χ0) is 13.4. The fourth-order valence-electron chi connectivity index (χ4n) is 1.74. The molecule has 0 aromatic heterocycles. The van der Waals surface area contributed by atoms with E-state index in [0.717, 1.165) is 11.0 Å². The smallest absolute Gasteiger partial charge is 0.251 e. The quantitative estimate of drug-likeness (QED) is 0.638. The molecule has 96 valence electrons. The van der Waals surface area contributed by atoms with E-state index in [1.165, 1.54) is 13.1 Å². The monoisotopic (exact) mass is 315 g/mol. The largest absolute Gasteiger partial charge is 0.397 e. The highest BCUT2D eigenvalue weighted by Gasteiger charge is 2.36. The van der Waals surface area contributed by atoms with E-state index in [-0.39, 0.29) is 28.4 Å². The third kappa shape index (κ3) is 2.17. The summed E-state index contributed by atoms with van der Waals surface area (Å²) in [5, 5.41) is 2.85. The Kier molecular flexibility index (Phi) is 3.25. The number of rotatable bonds is 2. The molecular weight excluding hydrogens is 305 g/mol. The first-order chi connectivity index (χ1) is 8.40. The van der Waals surface area contributed by atoms with E-state index < -0.39 is 11.9 Å². The normalized spacial score (nSPS) is 19.5. The number of anilines is 2. The molecule has 1 fully saturated rings. The Morgan fingerprint density at radius 3 is 2.72 bits per heavy atom. The molecular formula is C11H11BrFN3O2. The van der Waals surface area contributed by atoms with E-state index in [1.54, 1.807) is 0 Å². The Hall–Kier alpha value is -1.63. The number of nitrogens with zero attached hydrogens (tertiary/aromatic N) is 1. The van der Waals surface area contributed by atoms with Crippen molar-refractivity contribution in [3.05, 3.63) is 22.4 Å². The van der Waals surface area contributed by atoms with Gasteiger partial charge in [-0.05, 0) is 22.0 Å². The minimum atomic E-state index is -0.651. The maximum Gasteiger partial charge on any atom is 0.251 e. The Bertz CT molecular complexity index is 535. The Labute approximate surface area is 111 Å². The average Bonchev–Trinajstić information content (AvgIpc) is 2.54. The molecule has 1 heterocycles. The number of likely N-dealkylation sites (N-methyl/N-ethyl adjacent to an activating group) is 1. The minimum Gasteiger partial charge on any atom is -0.397 e. The lowest BCUT2D eigenvalue weighted by Gasteiger charge is -2.14. The second-order valence-corrected chi connectivity index (χ2v) is 4.90. The predicted octanol–water partition coefficient (Wildman–Crippen LogP) is 1.34. The molecule has 2 amide bonds. The first-order valence-electron chi connectivity index (χ1n) is 5.21. The Balaban J connectivity index is 2.23. The highest BCUT2D eigenvalue weighted by Crippen LogP contribution is 2.28. The van der Waals surface area contributed by atoms with Crippen LogP contribution in [0.4, 0.5) is 15.8 Å². The number of carbonyl (C=O) groups excluding carboxylic acids is 2. The van der Waals surface area contributed by atoms with Gasteiger partial charge in [-0.25, -0.2) is 4.39 Å².